The molecule has 1 aliphatic rings. The molecule has 0 amide bonds. The van der Waals surface area contributed by atoms with E-state index in [9.17, 15) is 0 Å². The van der Waals surface area contributed by atoms with Crippen molar-refractivity contribution in [3.8, 4) is 0 Å². The van der Waals surface area contributed by atoms with Crippen molar-refractivity contribution in [2.75, 3.05) is 0 Å². The maximum atomic E-state index is 2.22. The van der Waals surface area contributed by atoms with Crippen molar-refractivity contribution in [3.05, 3.63) is 95.6 Å². The predicted octanol–water partition coefficient (Wildman–Crippen LogP) is 5.11. The second kappa shape index (κ2) is 7.38. The lowest BCUT2D eigenvalue weighted by molar-refractivity contribution is 1.09. The second-order valence-corrected chi connectivity index (χ2v) is 4.77. The minimum Gasteiger partial charge on any atom is -0.0804 e. The zero-order chi connectivity index (χ0) is 13.3. The van der Waals surface area contributed by atoms with Gasteiger partial charge < -0.3 is 0 Å². The second-order valence-electron chi connectivity index (χ2n) is 4.77. The SMILES string of the molecule is C1=CCC(Cc2ccccc2)=C1.Cc1ccccc1. The molecular formula is C19H20. The van der Waals surface area contributed by atoms with Gasteiger partial charge in [0.05, 0.1) is 0 Å². The fourth-order valence-electron chi connectivity index (χ4n) is 2.02. The van der Waals surface area contributed by atoms with Gasteiger partial charge in [-0.25, -0.2) is 0 Å². The monoisotopic (exact) mass is 248 g/mol. The van der Waals surface area contributed by atoms with E-state index in [1.807, 2.05) is 18.2 Å². The van der Waals surface area contributed by atoms with Gasteiger partial charge >= 0.3 is 0 Å². The largest absolute Gasteiger partial charge is 0.0804 e. The van der Waals surface area contributed by atoms with Crippen molar-refractivity contribution in [2.24, 2.45) is 0 Å². The molecule has 0 spiro atoms. The normalized spacial score (nSPS) is 12.6. The summed E-state index contributed by atoms with van der Waals surface area (Å²) in [5.41, 5.74) is 4.25. The number of allylic oxidation sites excluding steroid dienone is 4. The van der Waals surface area contributed by atoms with Gasteiger partial charge in [0.25, 0.3) is 0 Å². The van der Waals surface area contributed by atoms with E-state index >= 15 is 0 Å². The van der Waals surface area contributed by atoms with Gasteiger partial charge in [-0.05, 0) is 25.3 Å². The smallest absolute Gasteiger partial charge is 0.00609 e. The summed E-state index contributed by atoms with van der Waals surface area (Å²) in [5, 5.41) is 0. The summed E-state index contributed by atoms with van der Waals surface area (Å²) in [4.78, 5) is 0. The Kier molecular flexibility index (Phi) is 5.18. The van der Waals surface area contributed by atoms with Crippen LogP contribution in [0.3, 0.4) is 0 Å². The van der Waals surface area contributed by atoms with Gasteiger partial charge in [0, 0.05) is 0 Å². The zero-order valence-electron chi connectivity index (χ0n) is 11.4. The third kappa shape index (κ3) is 4.97. The average molecular weight is 248 g/mol. The quantitative estimate of drug-likeness (QED) is 0.692. The zero-order valence-corrected chi connectivity index (χ0v) is 11.4. The molecule has 0 N–H and O–H groups in total. The molecule has 0 heterocycles. The van der Waals surface area contributed by atoms with Crippen LogP contribution in [0, 0.1) is 6.92 Å². The van der Waals surface area contributed by atoms with Crippen LogP contribution in [0.15, 0.2) is 84.5 Å². The average Bonchev–Trinajstić information content (AvgIpc) is 2.94. The Morgan fingerprint density at radius 3 is 1.95 bits per heavy atom. The lowest BCUT2D eigenvalue weighted by atomic mass is 10.1. The molecule has 0 radical (unpaired) electrons. The molecule has 19 heavy (non-hydrogen) atoms. The Balaban J connectivity index is 0.000000163. The van der Waals surface area contributed by atoms with Crippen molar-refractivity contribution in [2.45, 2.75) is 19.8 Å². The third-order valence-electron chi connectivity index (χ3n) is 3.06. The molecule has 2 aromatic carbocycles. The molecular weight excluding hydrogens is 228 g/mol. The summed E-state index contributed by atoms with van der Waals surface area (Å²) in [6.45, 7) is 2.08. The lowest BCUT2D eigenvalue weighted by Crippen LogP contribution is -1.86. The molecule has 96 valence electrons. The molecule has 0 saturated carbocycles. The Hall–Kier alpha value is -2.08. The first kappa shape index (κ1) is 13.4. The van der Waals surface area contributed by atoms with Crippen LogP contribution in [0.5, 0.6) is 0 Å². The summed E-state index contributed by atoms with van der Waals surface area (Å²) >= 11 is 0. The number of hydrogen-bond acceptors (Lipinski definition) is 0. The van der Waals surface area contributed by atoms with Gasteiger partial charge in [-0.3, -0.25) is 0 Å². The molecule has 0 unspecified atom stereocenters. The van der Waals surface area contributed by atoms with E-state index in [1.54, 1.807) is 0 Å². The molecule has 0 fully saturated rings. The molecule has 0 atom stereocenters. The summed E-state index contributed by atoms with van der Waals surface area (Å²) in [7, 11) is 0. The molecule has 1 aliphatic carbocycles. The third-order valence-corrected chi connectivity index (χ3v) is 3.06. The standard InChI is InChI=1S/C12H12.C7H8/c1-2-6-11(7-3-1)10-12-8-4-5-9-12;1-7-5-3-2-4-6-7/h1-8H,9-10H2;2-6H,1H3. The highest BCUT2D eigenvalue weighted by atomic mass is 14.0. The fourth-order valence-corrected chi connectivity index (χ4v) is 2.02. The predicted molar refractivity (Wildman–Crippen MR) is 83.2 cm³/mol. The molecule has 0 nitrogen and oxygen atoms in total. The van der Waals surface area contributed by atoms with Gasteiger partial charge in [-0.1, -0.05) is 90.0 Å². The summed E-state index contributed by atoms with van der Waals surface area (Å²) < 4.78 is 0. The van der Waals surface area contributed by atoms with E-state index in [2.05, 4.69) is 67.6 Å². The van der Waals surface area contributed by atoms with E-state index in [0.29, 0.717) is 0 Å². The highest BCUT2D eigenvalue weighted by Gasteiger charge is 1.99. The van der Waals surface area contributed by atoms with E-state index in [-0.39, 0.29) is 0 Å². The van der Waals surface area contributed by atoms with Crippen LogP contribution in [0.2, 0.25) is 0 Å². The first-order chi connectivity index (χ1) is 9.34. The van der Waals surface area contributed by atoms with Crippen molar-refractivity contribution < 1.29 is 0 Å². The van der Waals surface area contributed by atoms with E-state index < -0.39 is 0 Å². The van der Waals surface area contributed by atoms with Gasteiger partial charge in [-0.15, -0.1) is 0 Å². The first-order valence-corrected chi connectivity index (χ1v) is 6.75. The molecule has 3 rings (SSSR count). The van der Waals surface area contributed by atoms with Crippen molar-refractivity contribution in [1.82, 2.24) is 0 Å². The Labute approximate surface area is 116 Å². The molecule has 0 heteroatoms. The lowest BCUT2D eigenvalue weighted by Gasteiger charge is -2.00. The van der Waals surface area contributed by atoms with E-state index in [1.165, 1.54) is 16.7 Å². The van der Waals surface area contributed by atoms with Crippen LogP contribution in [0.25, 0.3) is 0 Å². The topological polar surface area (TPSA) is 0 Å². The fraction of sp³-hybridized carbons (Fsp3) is 0.158. The highest BCUT2D eigenvalue weighted by molar-refractivity contribution is 5.29. The minimum atomic E-state index is 1.10. The van der Waals surface area contributed by atoms with Crippen molar-refractivity contribution in [3.63, 3.8) is 0 Å². The summed E-state index contributed by atoms with van der Waals surface area (Å²) in [6.07, 6.45) is 8.80. The van der Waals surface area contributed by atoms with E-state index in [0.717, 1.165) is 12.8 Å². The van der Waals surface area contributed by atoms with Crippen LogP contribution in [0.4, 0.5) is 0 Å². The number of hydrogen-bond donors (Lipinski definition) is 0. The molecule has 0 aromatic heterocycles. The summed E-state index contributed by atoms with van der Waals surface area (Å²) in [6, 6.07) is 20.9. The number of rotatable bonds is 2. The molecule has 2 aromatic rings. The van der Waals surface area contributed by atoms with Crippen LogP contribution in [0.1, 0.15) is 17.5 Å². The number of aryl methyl sites for hydroxylation is 1. The van der Waals surface area contributed by atoms with Crippen molar-refractivity contribution >= 4 is 0 Å². The van der Waals surface area contributed by atoms with Gasteiger partial charge in [0.1, 0.15) is 0 Å². The maximum absolute atomic E-state index is 2.22. The molecule has 0 saturated heterocycles. The Morgan fingerprint density at radius 2 is 1.47 bits per heavy atom. The van der Waals surface area contributed by atoms with E-state index in [4.69, 9.17) is 0 Å². The Morgan fingerprint density at radius 1 is 0.842 bits per heavy atom. The molecule has 0 aliphatic heterocycles. The highest BCUT2D eigenvalue weighted by Crippen LogP contribution is 2.15. The summed E-state index contributed by atoms with van der Waals surface area (Å²) in [5.74, 6) is 0. The van der Waals surface area contributed by atoms with Gasteiger partial charge in [0.2, 0.25) is 0 Å². The van der Waals surface area contributed by atoms with Crippen molar-refractivity contribution in [1.29, 1.82) is 0 Å². The van der Waals surface area contributed by atoms with Crippen LogP contribution in [-0.2, 0) is 6.42 Å². The maximum Gasteiger partial charge on any atom is -0.00609 e. The first-order valence-electron chi connectivity index (χ1n) is 6.75. The number of benzene rings is 2. The van der Waals surface area contributed by atoms with Crippen LogP contribution >= 0.6 is 0 Å². The van der Waals surface area contributed by atoms with Gasteiger partial charge in [-0.2, -0.15) is 0 Å². The van der Waals surface area contributed by atoms with Crippen LogP contribution in [-0.4, -0.2) is 0 Å². The van der Waals surface area contributed by atoms with Crippen LogP contribution < -0.4 is 0 Å². The van der Waals surface area contributed by atoms with Gasteiger partial charge in [0.15, 0.2) is 0 Å². The molecule has 0 bridgehead atoms. The minimum absolute atomic E-state index is 1.10. The Bertz CT molecular complexity index is 533.